The van der Waals surface area contributed by atoms with Crippen molar-refractivity contribution in [2.75, 3.05) is 0 Å². The summed E-state index contributed by atoms with van der Waals surface area (Å²) in [4.78, 5) is 0. The Morgan fingerprint density at radius 1 is 1.35 bits per heavy atom. The van der Waals surface area contributed by atoms with Gasteiger partial charge in [-0.2, -0.15) is 13.2 Å². The van der Waals surface area contributed by atoms with Crippen molar-refractivity contribution in [3.05, 3.63) is 31.8 Å². The van der Waals surface area contributed by atoms with Gasteiger partial charge in [0.2, 0.25) is 0 Å². The molecule has 0 amide bonds. The van der Waals surface area contributed by atoms with Crippen molar-refractivity contribution in [2.45, 2.75) is 31.5 Å². The van der Waals surface area contributed by atoms with Crippen molar-refractivity contribution >= 4 is 38.5 Å². The zero-order valence-electron chi connectivity index (χ0n) is 8.77. The molecule has 0 saturated heterocycles. The SMILES string of the molecule is OC(CCCC(F)(F)F)c1cc(I)ccc1Br. The first kappa shape index (κ1) is 15.2. The molecule has 1 rings (SSSR count). The molecule has 0 spiro atoms. The second-order valence-corrected chi connectivity index (χ2v) is 5.79. The van der Waals surface area contributed by atoms with Crippen LogP contribution in [0.4, 0.5) is 13.2 Å². The third-order valence-electron chi connectivity index (χ3n) is 2.25. The van der Waals surface area contributed by atoms with Gasteiger partial charge < -0.3 is 5.11 Å². The number of halogens is 5. The molecule has 0 radical (unpaired) electrons. The molecule has 0 fully saturated rings. The van der Waals surface area contributed by atoms with E-state index < -0.39 is 18.7 Å². The molecule has 96 valence electrons. The van der Waals surface area contributed by atoms with Crippen LogP contribution in [0.25, 0.3) is 0 Å². The van der Waals surface area contributed by atoms with E-state index in [1.807, 2.05) is 6.07 Å². The predicted octanol–water partition coefficient (Wildman–Crippen LogP) is 4.82. The number of aliphatic hydroxyl groups excluding tert-OH is 1. The van der Waals surface area contributed by atoms with E-state index in [1.165, 1.54) is 0 Å². The molecular weight excluding hydrogens is 412 g/mol. The van der Waals surface area contributed by atoms with Crippen LogP contribution in [-0.4, -0.2) is 11.3 Å². The Morgan fingerprint density at radius 2 is 2.00 bits per heavy atom. The van der Waals surface area contributed by atoms with Gasteiger partial charge in [0.05, 0.1) is 6.10 Å². The lowest BCUT2D eigenvalue weighted by atomic mass is 10.0. The zero-order valence-corrected chi connectivity index (χ0v) is 12.5. The van der Waals surface area contributed by atoms with Crippen molar-refractivity contribution in [1.29, 1.82) is 0 Å². The third-order valence-corrected chi connectivity index (χ3v) is 3.65. The van der Waals surface area contributed by atoms with Crippen LogP contribution < -0.4 is 0 Å². The van der Waals surface area contributed by atoms with Crippen LogP contribution in [0, 0.1) is 3.57 Å². The Hall–Kier alpha value is 0.180. The molecule has 17 heavy (non-hydrogen) atoms. The van der Waals surface area contributed by atoms with E-state index in [1.54, 1.807) is 12.1 Å². The molecule has 1 aromatic carbocycles. The Labute approximate surface area is 120 Å². The maximum atomic E-state index is 12.0. The smallest absolute Gasteiger partial charge is 0.388 e. The summed E-state index contributed by atoms with van der Waals surface area (Å²) in [5.74, 6) is 0. The molecule has 1 aromatic rings. The monoisotopic (exact) mass is 422 g/mol. The molecule has 1 N–H and O–H groups in total. The molecule has 0 heterocycles. The standard InChI is InChI=1S/C11H11BrF3IO/c12-9-4-3-7(16)6-8(9)10(17)2-1-5-11(13,14)15/h3-4,6,10,17H,1-2,5H2. The second kappa shape index (κ2) is 6.38. The molecule has 1 atom stereocenters. The van der Waals surface area contributed by atoms with Gasteiger partial charge in [-0.05, 0) is 59.2 Å². The fraction of sp³-hybridized carbons (Fsp3) is 0.455. The first-order chi connectivity index (χ1) is 7.79. The van der Waals surface area contributed by atoms with Crippen LogP contribution in [0.1, 0.15) is 30.9 Å². The topological polar surface area (TPSA) is 20.2 Å². The highest BCUT2D eigenvalue weighted by molar-refractivity contribution is 14.1. The molecule has 0 aliphatic rings. The van der Waals surface area contributed by atoms with E-state index in [2.05, 4.69) is 38.5 Å². The maximum absolute atomic E-state index is 12.0. The molecule has 0 aromatic heterocycles. The van der Waals surface area contributed by atoms with Crippen LogP contribution in [0.5, 0.6) is 0 Å². The number of hydrogen-bond acceptors (Lipinski definition) is 1. The number of aliphatic hydroxyl groups is 1. The predicted molar refractivity (Wildman–Crippen MR) is 71.7 cm³/mol. The maximum Gasteiger partial charge on any atom is 0.389 e. The van der Waals surface area contributed by atoms with E-state index >= 15 is 0 Å². The van der Waals surface area contributed by atoms with Gasteiger partial charge in [-0.3, -0.25) is 0 Å². The highest BCUT2D eigenvalue weighted by Crippen LogP contribution is 2.30. The summed E-state index contributed by atoms with van der Waals surface area (Å²) >= 11 is 5.37. The summed E-state index contributed by atoms with van der Waals surface area (Å²) in [7, 11) is 0. The van der Waals surface area contributed by atoms with Gasteiger partial charge in [-0.25, -0.2) is 0 Å². The molecule has 1 unspecified atom stereocenters. The van der Waals surface area contributed by atoms with Gasteiger partial charge in [-0.1, -0.05) is 15.9 Å². The van der Waals surface area contributed by atoms with E-state index in [9.17, 15) is 18.3 Å². The minimum Gasteiger partial charge on any atom is -0.388 e. The quantitative estimate of drug-likeness (QED) is 0.689. The number of alkyl halides is 3. The summed E-state index contributed by atoms with van der Waals surface area (Å²) in [5, 5.41) is 9.82. The van der Waals surface area contributed by atoms with Gasteiger partial charge >= 0.3 is 6.18 Å². The molecule has 1 nitrogen and oxygen atoms in total. The Morgan fingerprint density at radius 3 is 2.59 bits per heavy atom. The minimum atomic E-state index is -4.15. The van der Waals surface area contributed by atoms with Gasteiger partial charge in [0, 0.05) is 14.5 Å². The average molecular weight is 423 g/mol. The molecule has 0 aliphatic carbocycles. The van der Waals surface area contributed by atoms with Crippen LogP contribution in [0.2, 0.25) is 0 Å². The molecule has 6 heteroatoms. The largest absolute Gasteiger partial charge is 0.389 e. The van der Waals surface area contributed by atoms with Gasteiger partial charge in [-0.15, -0.1) is 0 Å². The summed E-state index contributed by atoms with van der Waals surface area (Å²) in [5.41, 5.74) is 0.638. The third kappa shape index (κ3) is 5.56. The van der Waals surface area contributed by atoms with Crippen LogP contribution >= 0.6 is 38.5 Å². The summed E-state index contributed by atoms with van der Waals surface area (Å²) in [6.07, 6.45) is -5.82. The Bertz CT molecular complexity index is 381. The van der Waals surface area contributed by atoms with Crippen molar-refractivity contribution < 1.29 is 18.3 Å². The highest BCUT2D eigenvalue weighted by atomic mass is 127. The normalized spacial score (nSPS) is 13.8. The lowest BCUT2D eigenvalue weighted by Crippen LogP contribution is -2.08. The summed E-state index contributed by atoms with van der Waals surface area (Å²) in [6.45, 7) is 0. The molecule has 0 bridgehead atoms. The molecular formula is C11H11BrF3IO. The average Bonchev–Trinajstić information content (AvgIpc) is 2.19. The molecule has 0 saturated carbocycles. The van der Waals surface area contributed by atoms with Crippen molar-refractivity contribution in [3.8, 4) is 0 Å². The number of benzene rings is 1. The van der Waals surface area contributed by atoms with Crippen LogP contribution in [0.15, 0.2) is 22.7 Å². The van der Waals surface area contributed by atoms with Crippen LogP contribution in [0.3, 0.4) is 0 Å². The number of rotatable bonds is 4. The van der Waals surface area contributed by atoms with E-state index in [0.29, 0.717) is 5.56 Å². The second-order valence-electron chi connectivity index (χ2n) is 3.69. The fourth-order valence-electron chi connectivity index (χ4n) is 1.42. The molecule has 0 aliphatic heterocycles. The zero-order chi connectivity index (χ0) is 13.1. The summed E-state index contributed by atoms with van der Waals surface area (Å²) < 4.78 is 37.5. The van der Waals surface area contributed by atoms with E-state index in [-0.39, 0.29) is 12.8 Å². The Kier molecular flexibility index (Phi) is 5.72. The highest BCUT2D eigenvalue weighted by Gasteiger charge is 2.26. The van der Waals surface area contributed by atoms with Crippen molar-refractivity contribution in [1.82, 2.24) is 0 Å². The lowest BCUT2D eigenvalue weighted by Gasteiger charge is -2.14. The minimum absolute atomic E-state index is 0.0669. The van der Waals surface area contributed by atoms with E-state index in [4.69, 9.17) is 0 Å². The van der Waals surface area contributed by atoms with Gasteiger partial charge in [0.1, 0.15) is 0 Å². The van der Waals surface area contributed by atoms with E-state index in [0.717, 1.165) is 8.04 Å². The lowest BCUT2D eigenvalue weighted by molar-refractivity contribution is -0.136. The Balaban J connectivity index is 2.58. The first-order valence-electron chi connectivity index (χ1n) is 4.99. The van der Waals surface area contributed by atoms with Crippen molar-refractivity contribution in [3.63, 3.8) is 0 Å². The summed E-state index contributed by atoms with van der Waals surface area (Å²) in [6, 6.07) is 5.41. The van der Waals surface area contributed by atoms with Crippen LogP contribution in [-0.2, 0) is 0 Å². The van der Waals surface area contributed by atoms with Gasteiger partial charge in [0.15, 0.2) is 0 Å². The number of hydrogen-bond donors (Lipinski definition) is 1. The van der Waals surface area contributed by atoms with Crippen molar-refractivity contribution in [2.24, 2.45) is 0 Å². The fourth-order valence-corrected chi connectivity index (χ4v) is 2.45. The van der Waals surface area contributed by atoms with Gasteiger partial charge in [0.25, 0.3) is 0 Å². The first-order valence-corrected chi connectivity index (χ1v) is 6.86.